The van der Waals surface area contributed by atoms with E-state index in [1.54, 1.807) is 11.8 Å². The molecule has 1 aromatic carbocycles. The maximum atomic E-state index is 10.6. The first-order valence-electron chi connectivity index (χ1n) is 4.60. The van der Waals surface area contributed by atoms with Crippen molar-refractivity contribution in [2.24, 2.45) is 0 Å². The molecule has 5 heteroatoms. The van der Waals surface area contributed by atoms with E-state index in [2.05, 4.69) is 4.18 Å². The molecule has 0 amide bonds. The van der Waals surface area contributed by atoms with Gasteiger partial charge < -0.3 is 0 Å². The number of thioether (sulfide) groups is 1. The van der Waals surface area contributed by atoms with E-state index < -0.39 is 10.1 Å². The van der Waals surface area contributed by atoms with Crippen molar-refractivity contribution in [2.45, 2.75) is 11.3 Å². The fraction of sp³-hybridized carbons (Fsp3) is 0.400. The highest BCUT2D eigenvalue weighted by atomic mass is 32.2. The SMILES string of the molecule is CS(=O)(=O)OCCCSc1ccccc1. The van der Waals surface area contributed by atoms with Crippen LogP contribution in [-0.2, 0) is 14.3 Å². The molecule has 0 aliphatic rings. The third-order valence-electron chi connectivity index (χ3n) is 1.60. The Morgan fingerprint density at radius 1 is 1.27 bits per heavy atom. The van der Waals surface area contributed by atoms with Crippen LogP contribution >= 0.6 is 11.8 Å². The molecule has 0 saturated carbocycles. The molecule has 0 fully saturated rings. The summed E-state index contributed by atoms with van der Waals surface area (Å²) in [6, 6.07) is 9.99. The van der Waals surface area contributed by atoms with Crippen molar-refractivity contribution in [3.05, 3.63) is 30.3 Å². The van der Waals surface area contributed by atoms with Crippen molar-refractivity contribution in [1.82, 2.24) is 0 Å². The van der Waals surface area contributed by atoms with Gasteiger partial charge >= 0.3 is 0 Å². The lowest BCUT2D eigenvalue weighted by atomic mass is 10.4. The molecule has 0 atom stereocenters. The van der Waals surface area contributed by atoms with Crippen LogP contribution in [0.25, 0.3) is 0 Å². The Hall–Kier alpha value is -0.520. The molecular weight excluding hydrogens is 232 g/mol. The Kier molecular flexibility index (Phi) is 5.14. The molecule has 1 rings (SSSR count). The average Bonchev–Trinajstić information content (AvgIpc) is 2.17. The van der Waals surface area contributed by atoms with Gasteiger partial charge in [-0.05, 0) is 18.6 Å². The zero-order chi connectivity index (χ0) is 11.1. The zero-order valence-corrected chi connectivity index (χ0v) is 10.2. The average molecular weight is 246 g/mol. The summed E-state index contributed by atoms with van der Waals surface area (Å²) in [5.74, 6) is 0.861. The van der Waals surface area contributed by atoms with E-state index >= 15 is 0 Å². The highest BCUT2D eigenvalue weighted by Crippen LogP contribution is 2.17. The van der Waals surface area contributed by atoms with Crippen LogP contribution in [0.2, 0.25) is 0 Å². The summed E-state index contributed by atoms with van der Waals surface area (Å²) >= 11 is 1.70. The summed E-state index contributed by atoms with van der Waals surface area (Å²) in [5.41, 5.74) is 0. The number of rotatable bonds is 6. The van der Waals surface area contributed by atoms with E-state index in [-0.39, 0.29) is 6.61 Å². The molecule has 0 radical (unpaired) electrons. The maximum absolute atomic E-state index is 10.6. The fourth-order valence-electron chi connectivity index (χ4n) is 0.976. The molecule has 84 valence electrons. The Bertz CT molecular complexity index is 373. The Morgan fingerprint density at radius 2 is 1.93 bits per heavy atom. The summed E-state index contributed by atoms with van der Waals surface area (Å²) in [5, 5.41) is 0. The predicted molar refractivity (Wildman–Crippen MR) is 62.6 cm³/mol. The molecule has 0 heterocycles. The zero-order valence-electron chi connectivity index (χ0n) is 8.55. The molecule has 0 aliphatic heterocycles. The minimum atomic E-state index is -3.28. The number of hydrogen-bond acceptors (Lipinski definition) is 4. The van der Waals surface area contributed by atoms with Crippen LogP contribution in [0.4, 0.5) is 0 Å². The molecule has 3 nitrogen and oxygen atoms in total. The normalized spacial score (nSPS) is 11.5. The summed E-state index contributed by atoms with van der Waals surface area (Å²) in [4.78, 5) is 1.19. The van der Waals surface area contributed by atoms with E-state index in [0.29, 0.717) is 0 Å². The third-order valence-corrected chi connectivity index (χ3v) is 3.29. The van der Waals surface area contributed by atoms with Crippen molar-refractivity contribution >= 4 is 21.9 Å². The van der Waals surface area contributed by atoms with Crippen LogP contribution in [0.3, 0.4) is 0 Å². The van der Waals surface area contributed by atoms with Crippen LogP contribution in [0.15, 0.2) is 35.2 Å². The van der Waals surface area contributed by atoms with Crippen molar-refractivity contribution < 1.29 is 12.6 Å². The van der Waals surface area contributed by atoms with Gasteiger partial charge in [0.1, 0.15) is 0 Å². The molecule has 0 unspecified atom stereocenters. The van der Waals surface area contributed by atoms with Crippen molar-refractivity contribution in [1.29, 1.82) is 0 Å². The van der Waals surface area contributed by atoms with E-state index in [9.17, 15) is 8.42 Å². The van der Waals surface area contributed by atoms with Gasteiger partial charge in [0.2, 0.25) is 0 Å². The van der Waals surface area contributed by atoms with Crippen LogP contribution in [0, 0.1) is 0 Å². The number of hydrogen-bond donors (Lipinski definition) is 0. The summed E-state index contributed by atoms with van der Waals surface area (Å²) < 4.78 is 25.9. The smallest absolute Gasteiger partial charge is 0.264 e. The standard InChI is InChI=1S/C10H14O3S2/c1-15(11,12)13-8-5-9-14-10-6-3-2-4-7-10/h2-4,6-7H,5,8-9H2,1H3. The highest BCUT2D eigenvalue weighted by molar-refractivity contribution is 7.99. The second kappa shape index (κ2) is 6.15. The number of benzene rings is 1. The molecule has 0 aliphatic carbocycles. The van der Waals surface area contributed by atoms with Gasteiger partial charge in [-0.3, -0.25) is 4.18 Å². The molecule has 0 spiro atoms. The Morgan fingerprint density at radius 3 is 2.53 bits per heavy atom. The molecule has 0 N–H and O–H groups in total. The van der Waals surface area contributed by atoms with E-state index in [1.165, 1.54) is 4.90 Å². The van der Waals surface area contributed by atoms with Crippen LogP contribution in [0.1, 0.15) is 6.42 Å². The largest absolute Gasteiger partial charge is 0.270 e. The highest BCUT2D eigenvalue weighted by Gasteiger charge is 2.00. The summed E-state index contributed by atoms with van der Waals surface area (Å²) in [7, 11) is -3.28. The van der Waals surface area contributed by atoms with Crippen molar-refractivity contribution in [2.75, 3.05) is 18.6 Å². The fourth-order valence-corrected chi connectivity index (χ4v) is 2.24. The quantitative estimate of drug-likeness (QED) is 0.438. The topological polar surface area (TPSA) is 43.4 Å². The second-order valence-corrected chi connectivity index (χ2v) is 5.85. The van der Waals surface area contributed by atoms with Gasteiger partial charge in [-0.15, -0.1) is 11.8 Å². The van der Waals surface area contributed by atoms with Crippen LogP contribution in [-0.4, -0.2) is 27.0 Å². The minimum Gasteiger partial charge on any atom is -0.270 e. The van der Waals surface area contributed by atoms with Gasteiger partial charge in [0.05, 0.1) is 12.9 Å². The van der Waals surface area contributed by atoms with Gasteiger partial charge in [0, 0.05) is 10.6 Å². The van der Waals surface area contributed by atoms with Crippen LogP contribution < -0.4 is 0 Å². The molecule has 0 aromatic heterocycles. The van der Waals surface area contributed by atoms with Crippen LogP contribution in [0.5, 0.6) is 0 Å². The molecule has 0 saturated heterocycles. The first kappa shape index (κ1) is 12.5. The van der Waals surface area contributed by atoms with Gasteiger partial charge in [-0.2, -0.15) is 8.42 Å². The van der Waals surface area contributed by atoms with Gasteiger partial charge in [-0.25, -0.2) is 0 Å². The first-order valence-corrected chi connectivity index (χ1v) is 7.40. The lowest BCUT2D eigenvalue weighted by Crippen LogP contribution is -2.04. The minimum absolute atomic E-state index is 0.263. The lowest BCUT2D eigenvalue weighted by molar-refractivity contribution is 0.323. The second-order valence-electron chi connectivity index (χ2n) is 3.04. The maximum Gasteiger partial charge on any atom is 0.264 e. The summed E-state index contributed by atoms with van der Waals surface area (Å²) in [6.45, 7) is 0.263. The molecule has 15 heavy (non-hydrogen) atoms. The van der Waals surface area contributed by atoms with Gasteiger partial charge in [0.25, 0.3) is 10.1 Å². The van der Waals surface area contributed by atoms with E-state index in [1.807, 2.05) is 30.3 Å². The summed E-state index contributed by atoms with van der Waals surface area (Å²) in [6.07, 6.45) is 1.80. The Balaban J connectivity index is 2.13. The molecule has 1 aromatic rings. The monoisotopic (exact) mass is 246 g/mol. The predicted octanol–water partition coefficient (Wildman–Crippen LogP) is 2.14. The van der Waals surface area contributed by atoms with E-state index in [4.69, 9.17) is 0 Å². The lowest BCUT2D eigenvalue weighted by Gasteiger charge is -2.01. The van der Waals surface area contributed by atoms with Crippen molar-refractivity contribution in [3.63, 3.8) is 0 Å². The van der Waals surface area contributed by atoms with Gasteiger partial charge in [0.15, 0.2) is 0 Å². The Labute approximate surface area is 95.0 Å². The third kappa shape index (κ3) is 6.54. The van der Waals surface area contributed by atoms with E-state index in [0.717, 1.165) is 18.4 Å². The molecule has 0 bridgehead atoms. The molecular formula is C10H14O3S2. The van der Waals surface area contributed by atoms with Gasteiger partial charge in [-0.1, -0.05) is 18.2 Å². The van der Waals surface area contributed by atoms with Crippen molar-refractivity contribution in [3.8, 4) is 0 Å². The first-order chi connectivity index (χ1) is 7.08.